The maximum atomic E-state index is 6.04. The summed E-state index contributed by atoms with van der Waals surface area (Å²) in [6, 6.07) is 15.9. The molecule has 0 unspecified atom stereocenters. The van der Waals surface area contributed by atoms with Crippen molar-refractivity contribution in [3.05, 3.63) is 59.8 Å². The summed E-state index contributed by atoms with van der Waals surface area (Å²) >= 11 is 6.04. The first-order chi connectivity index (χ1) is 8.25. The van der Waals surface area contributed by atoms with E-state index in [1.807, 2.05) is 42.6 Å². The van der Waals surface area contributed by atoms with Crippen LogP contribution in [0.5, 0.6) is 0 Å². The first-order valence-electron chi connectivity index (χ1n) is 5.37. The van der Waals surface area contributed by atoms with Gasteiger partial charge >= 0.3 is 0 Å². The molecular formula is C14H11ClN2. The first kappa shape index (κ1) is 10.2. The zero-order valence-electron chi connectivity index (χ0n) is 9.10. The van der Waals surface area contributed by atoms with Crippen LogP contribution in [-0.4, -0.2) is 4.68 Å². The van der Waals surface area contributed by atoms with Crippen LogP contribution in [0, 0.1) is 0 Å². The van der Waals surface area contributed by atoms with E-state index >= 15 is 0 Å². The zero-order chi connectivity index (χ0) is 11.8. The minimum absolute atomic E-state index is 0.723. The van der Waals surface area contributed by atoms with Gasteiger partial charge in [0.15, 0.2) is 0 Å². The van der Waals surface area contributed by atoms with Crippen molar-refractivity contribution in [1.29, 1.82) is 0 Å². The van der Waals surface area contributed by atoms with Crippen molar-refractivity contribution in [2.24, 2.45) is 0 Å². The number of hydrogen-bond acceptors (Lipinski definition) is 1. The van der Waals surface area contributed by atoms with Crippen LogP contribution in [0.2, 0.25) is 5.02 Å². The Morgan fingerprint density at radius 2 is 1.76 bits per heavy atom. The molecule has 0 fully saturated rings. The standard InChI is InChI=1S/C14H11ClN2/c15-11-6-7-14-12(8-11)13(9-17(14)16)10-4-2-1-3-5-10/h1-9H,16H2. The van der Waals surface area contributed by atoms with Gasteiger partial charge in [-0.05, 0) is 23.8 Å². The molecule has 0 saturated heterocycles. The molecule has 0 aliphatic carbocycles. The van der Waals surface area contributed by atoms with E-state index < -0.39 is 0 Å². The molecular weight excluding hydrogens is 232 g/mol. The molecule has 84 valence electrons. The van der Waals surface area contributed by atoms with Gasteiger partial charge in [0.25, 0.3) is 0 Å². The molecule has 0 atom stereocenters. The predicted octanol–water partition coefficient (Wildman–Crippen LogP) is 3.68. The molecule has 0 aliphatic rings. The van der Waals surface area contributed by atoms with Crippen LogP contribution in [-0.2, 0) is 0 Å². The molecule has 2 N–H and O–H groups in total. The normalized spacial score (nSPS) is 10.9. The zero-order valence-corrected chi connectivity index (χ0v) is 9.85. The van der Waals surface area contributed by atoms with Crippen LogP contribution >= 0.6 is 11.6 Å². The summed E-state index contributed by atoms with van der Waals surface area (Å²) in [5, 5.41) is 1.80. The highest BCUT2D eigenvalue weighted by molar-refractivity contribution is 6.31. The third-order valence-electron chi connectivity index (χ3n) is 2.88. The summed E-state index contributed by atoms with van der Waals surface area (Å²) in [6.07, 6.45) is 1.93. The maximum absolute atomic E-state index is 6.04. The fourth-order valence-corrected chi connectivity index (χ4v) is 2.25. The minimum atomic E-state index is 0.723. The van der Waals surface area contributed by atoms with Crippen molar-refractivity contribution in [1.82, 2.24) is 4.68 Å². The highest BCUT2D eigenvalue weighted by Gasteiger charge is 2.08. The van der Waals surface area contributed by atoms with E-state index in [0.717, 1.165) is 27.1 Å². The molecule has 0 amide bonds. The van der Waals surface area contributed by atoms with E-state index in [9.17, 15) is 0 Å². The lowest BCUT2D eigenvalue weighted by Gasteiger charge is -1.99. The smallest absolute Gasteiger partial charge is 0.0697 e. The van der Waals surface area contributed by atoms with Gasteiger partial charge in [0, 0.05) is 22.2 Å². The fraction of sp³-hybridized carbons (Fsp3) is 0. The number of nitrogens with zero attached hydrogens (tertiary/aromatic N) is 1. The lowest BCUT2D eigenvalue weighted by Crippen LogP contribution is -2.04. The third kappa shape index (κ3) is 1.67. The van der Waals surface area contributed by atoms with Crippen LogP contribution in [0.25, 0.3) is 22.0 Å². The molecule has 0 aliphatic heterocycles. The Morgan fingerprint density at radius 3 is 2.53 bits per heavy atom. The Labute approximate surface area is 104 Å². The Kier molecular flexibility index (Phi) is 2.30. The van der Waals surface area contributed by atoms with Crippen LogP contribution in [0.1, 0.15) is 0 Å². The average molecular weight is 243 g/mol. The molecule has 3 heteroatoms. The van der Waals surface area contributed by atoms with Crippen molar-refractivity contribution < 1.29 is 0 Å². The summed E-state index contributed by atoms with van der Waals surface area (Å²) in [5.74, 6) is 5.94. The van der Waals surface area contributed by atoms with Crippen molar-refractivity contribution in [3.8, 4) is 11.1 Å². The molecule has 2 aromatic carbocycles. The van der Waals surface area contributed by atoms with Gasteiger partial charge in [-0.3, -0.25) is 4.68 Å². The number of nitrogen functional groups attached to an aromatic ring is 1. The van der Waals surface area contributed by atoms with E-state index in [0.29, 0.717) is 0 Å². The van der Waals surface area contributed by atoms with Gasteiger partial charge in [-0.2, -0.15) is 0 Å². The highest BCUT2D eigenvalue weighted by atomic mass is 35.5. The van der Waals surface area contributed by atoms with Gasteiger partial charge in [-0.25, -0.2) is 0 Å². The van der Waals surface area contributed by atoms with Gasteiger partial charge in [-0.15, -0.1) is 0 Å². The summed E-state index contributed by atoms with van der Waals surface area (Å²) in [6.45, 7) is 0. The summed E-state index contributed by atoms with van der Waals surface area (Å²) in [5.41, 5.74) is 3.22. The lowest BCUT2D eigenvalue weighted by atomic mass is 10.1. The molecule has 0 spiro atoms. The van der Waals surface area contributed by atoms with Gasteiger partial charge in [0.05, 0.1) is 5.52 Å². The molecule has 1 aromatic heterocycles. The third-order valence-corrected chi connectivity index (χ3v) is 3.12. The summed E-state index contributed by atoms with van der Waals surface area (Å²) < 4.78 is 1.63. The second-order valence-electron chi connectivity index (χ2n) is 3.98. The SMILES string of the molecule is Nn1cc(-c2ccccc2)c2cc(Cl)ccc21. The van der Waals surface area contributed by atoms with Gasteiger partial charge < -0.3 is 5.84 Å². The highest BCUT2D eigenvalue weighted by Crippen LogP contribution is 2.31. The van der Waals surface area contributed by atoms with Crippen LogP contribution in [0.3, 0.4) is 0 Å². The molecule has 1 heterocycles. The molecule has 0 bridgehead atoms. The quantitative estimate of drug-likeness (QED) is 0.649. The van der Waals surface area contributed by atoms with E-state index in [1.54, 1.807) is 4.68 Å². The van der Waals surface area contributed by atoms with E-state index in [4.69, 9.17) is 17.4 Å². The van der Waals surface area contributed by atoms with Gasteiger partial charge in [0.2, 0.25) is 0 Å². The molecule has 0 saturated carbocycles. The summed E-state index contributed by atoms with van der Waals surface area (Å²) in [7, 11) is 0. The van der Waals surface area contributed by atoms with Crippen LogP contribution < -0.4 is 5.84 Å². The summed E-state index contributed by atoms with van der Waals surface area (Å²) in [4.78, 5) is 0. The van der Waals surface area contributed by atoms with E-state index in [1.165, 1.54) is 0 Å². The fourth-order valence-electron chi connectivity index (χ4n) is 2.08. The van der Waals surface area contributed by atoms with Crippen LogP contribution in [0.15, 0.2) is 54.7 Å². The molecule has 2 nitrogen and oxygen atoms in total. The molecule has 17 heavy (non-hydrogen) atoms. The monoisotopic (exact) mass is 242 g/mol. The lowest BCUT2D eigenvalue weighted by molar-refractivity contribution is 1.07. The van der Waals surface area contributed by atoms with Gasteiger partial charge in [0.1, 0.15) is 0 Å². The Hall–Kier alpha value is -1.93. The minimum Gasteiger partial charge on any atom is -0.339 e. The second-order valence-corrected chi connectivity index (χ2v) is 4.41. The number of rotatable bonds is 1. The Bertz CT molecular complexity index is 671. The largest absolute Gasteiger partial charge is 0.339 e. The van der Waals surface area contributed by atoms with Crippen molar-refractivity contribution in [3.63, 3.8) is 0 Å². The average Bonchev–Trinajstić information content (AvgIpc) is 2.67. The molecule has 0 radical (unpaired) electrons. The predicted molar refractivity (Wildman–Crippen MR) is 72.5 cm³/mol. The second kappa shape index (κ2) is 3.82. The maximum Gasteiger partial charge on any atom is 0.0697 e. The number of halogens is 1. The number of nitrogens with two attached hydrogens (primary N) is 1. The topological polar surface area (TPSA) is 30.9 Å². The first-order valence-corrected chi connectivity index (χ1v) is 5.74. The number of aromatic nitrogens is 1. The number of fused-ring (bicyclic) bond motifs is 1. The van der Waals surface area contributed by atoms with Crippen LogP contribution in [0.4, 0.5) is 0 Å². The molecule has 3 aromatic rings. The van der Waals surface area contributed by atoms with E-state index in [2.05, 4.69) is 12.1 Å². The Balaban J connectivity index is 2.34. The molecule has 3 rings (SSSR count). The van der Waals surface area contributed by atoms with E-state index in [-0.39, 0.29) is 0 Å². The van der Waals surface area contributed by atoms with Crippen molar-refractivity contribution in [2.75, 3.05) is 5.84 Å². The van der Waals surface area contributed by atoms with Crippen molar-refractivity contribution in [2.45, 2.75) is 0 Å². The Morgan fingerprint density at radius 1 is 1.00 bits per heavy atom. The van der Waals surface area contributed by atoms with Gasteiger partial charge in [-0.1, -0.05) is 41.9 Å². The number of hydrogen-bond donors (Lipinski definition) is 1. The van der Waals surface area contributed by atoms with Crippen molar-refractivity contribution >= 4 is 22.5 Å². The number of benzene rings is 2.